The summed E-state index contributed by atoms with van der Waals surface area (Å²) in [6.45, 7) is 4.55. The Kier molecular flexibility index (Phi) is 7.48. The number of nitrogens with zero attached hydrogens (tertiary/aromatic N) is 1. The van der Waals surface area contributed by atoms with Gasteiger partial charge in [-0.05, 0) is 30.5 Å². The second-order valence-corrected chi connectivity index (χ2v) is 8.26. The molecule has 3 aromatic rings. The number of fused-ring (bicyclic) bond motifs is 1. The van der Waals surface area contributed by atoms with Crippen molar-refractivity contribution in [1.29, 1.82) is 0 Å². The number of hydrogen-bond acceptors (Lipinski definition) is 7. The minimum Gasteiger partial charge on any atom is -0.507 e. The summed E-state index contributed by atoms with van der Waals surface area (Å²) in [5.74, 6) is 1.59. The molecule has 0 fully saturated rings. The smallest absolute Gasteiger partial charge is 0.259 e. The highest BCUT2D eigenvalue weighted by Gasteiger charge is 2.16. The number of carbonyl (C=O) groups excluding carboxylic acids is 1. The number of rotatable bonds is 9. The van der Waals surface area contributed by atoms with Crippen molar-refractivity contribution in [2.45, 2.75) is 20.3 Å². The summed E-state index contributed by atoms with van der Waals surface area (Å²) in [5.41, 5.74) is 0.351. The molecule has 0 aliphatic rings. The van der Waals surface area contributed by atoms with Crippen LogP contribution in [0.2, 0.25) is 0 Å². The Labute approximate surface area is 192 Å². The van der Waals surface area contributed by atoms with Gasteiger partial charge < -0.3 is 28.6 Å². The zero-order valence-electron chi connectivity index (χ0n) is 19.5. The van der Waals surface area contributed by atoms with E-state index in [1.54, 1.807) is 39.4 Å². The quantitative estimate of drug-likeness (QED) is 0.519. The molecule has 2 aromatic carbocycles. The molecular weight excluding hydrogens is 426 g/mol. The minimum atomic E-state index is -0.405. The van der Waals surface area contributed by atoms with Crippen molar-refractivity contribution in [3.05, 3.63) is 46.6 Å². The van der Waals surface area contributed by atoms with E-state index in [4.69, 9.17) is 18.6 Å². The molecule has 8 heteroatoms. The van der Waals surface area contributed by atoms with Crippen LogP contribution in [0, 0.1) is 5.92 Å². The zero-order valence-corrected chi connectivity index (χ0v) is 19.5. The molecule has 1 N–H and O–H groups in total. The highest BCUT2D eigenvalue weighted by atomic mass is 16.5. The molecule has 0 radical (unpaired) electrons. The topological polar surface area (TPSA) is 98.4 Å². The van der Waals surface area contributed by atoms with Gasteiger partial charge in [0, 0.05) is 37.9 Å². The summed E-state index contributed by atoms with van der Waals surface area (Å²) in [7, 11) is 4.79. The third-order valence-corrected chi connectivity index (χ3v) is 5.05. The number of aromatic hydroxyl groups is 1. The van der Waals surface area contributed by atoms with Crippen LogP contribution in [0.1, 0.15) is 20.3 Å². The minimum absolute atomic E-state index is 0.0342. The van der Waals surface area contributed by atoms with E-state index < -0.39 is 5.43 Å². The van der Waals surface area contributed by atoms with E-state index in [1.165, 1.54) is 23.1 Å². The number of phenols is 1. The summed E-state index contributed by atoms with van der Waals surface area (Å²) in [4.78, 5) is 25.9. The van der Waals surface area contributed by atoms with E-state index in [2.05, 4.69) is 13.8 Å². The van der Waals surface area contributed by atoms with E-state index >= 15 is 0 Å². The molecule has 0 saturated carbocycles. The van der Waals surface area contributed by atoms with Gasteiger partial charge in [0.25, 0.3) is 5.91 Å². The number of amides is 1. The highest BCUT2D eigenvalue weighted by Crippen LogP contribution is 2.35. The number of methoxy groups -OCH3 is 1. The third-order valence-electron chi connectivity index (χ3n) is 5.05. The Morgan fingerprint density at radius 3 is 2.52 bits per heavy atom. The predicted molar refractivity (Wildman–Crippen MR) is 125 cm³/mol. The van der Waals surface area contributed by atoms with Crippen LogP contribution >= 0.6 is 0 Å². The molecule has 0 aliphatic heterocycles. The van der Waals surface area contributed by atoms with E-state index in [-0.39, 0.29) is 35.0 Å². The average molecular weight is 456 g/mol. The fourth-order valence-corrected chi connectivity index (χ4v) is 3.09. The monoisotopic (exact) mass is 455 g/mol. The molecule has 3 rings (SSSR count). The van der Waals surface area contributed by atoms with E-state index in [0.717, 1.165) is 6.42 Å². The Hall–Kier alpha value is -3.68. The Bertz CT molecular complexity index is 1200. The van der Waals surface area contributed by atoms with Gasteiger partial charge in [-0.25, -0.2) is 0 Å². The van der Waals surface area contributed by atoms with Crippen LogP contribution in [-0.4, -0.2) is 50.3 Å². The normalized spacial score (nSPS) is 11.0. The van der Waals surface area contributed by atoms with Crippen LogP contribution in [0.25, 0.3) is 22.3 Å². The molecule has 176 valence electrons. The average Bonchev–Trinajstić information content (AvgIpc) is 2.76. The van der Waals surface area contributed by atoms with Crippen molar-refractivity contribution < 1.29 is 28.5 Å². The second kappa shape index (κ2) is 10.3. The molecule has 0 aliphatic carbocycles. The summed E-state index contributed by atoms with van der Waals surface area (Å²) in [5, 5.41) is 10.4. The van der Waals surface area contributed by atoms with Gasteiger partial charge in [0.1, 0.15) is 28.2 Å². The van der Waals surface area contributed by atoms with Gasteiger partial charge in [-0.2, -0.15) is 0 Å². The predicted octanol–water partition coefficient (Wildman–Crippen LogP) is 4.07. The fourth-order valence-electron chi connectivity index (χ4n) is 3.09. The molecule has 0 saturated heterocycles. The Morgan fingerprint density at radius 1 is 1.09 bits per heavy atom. The van der Waals surface area contributed by atoms with Gasteiger partial charge in [0.15, 0.2) is 23.5 Å². The van der Waals surface area contributed by atoms with Crippen LogP contribution in [0.3, 0.4) is 0 Å². The van der Waals surface area contributed by atoms with E-state index in [0.29, 0.717) is 35.3 Å². The molecular formula is C25H29NO7. The first-order chi connectivity index (χ1) is 15.7. The zero-order chi connectivity index (χ0) is 24.1. The van der Waals surface area contributed by atoms with Crippen molar-refractivity contribution >= 4 is 16.9 Å². The highest BCUT2D eigenvalue weighted by molar-refractivity contribution is 5.86. The Morgan fingerprint density at radius 2 is 1.85 bits per heavy atom. The number of likely N-dealkylation sites (N-methyl/N-ethyl adjacent to an activating group) is 1. The second-order valence-electron chi connectivity index (χ2n) is 8.26. The lowest BCUT2D eigenvalue weighted by molar-refractivity contribution is -0.130. The molecule has 0 atom stereocenters. The van der Waals surface area contributed by atoms with E-state index in [9.17, 15) is 14.7 Å². The molecule has 33 heavy (non-hydrogen) atoms. The van der Waals surface area contributed by atoms with Crippen molar-refractivity contribution in [3.8, 4) is 34.3 Å². The molecule has 0 spiro atoms. The maximum absolute atomic E-state index is 12.7. The SMILES string of the molecule is COc1ccc(-c2cc(=O)c3c(O)cc(OCC(=O)N(C)C)cc3o2)cc1OCCC(C)C. The third kappa shape index (κ3) is 5.77. The maximum Gasteiger partial charge on any atom is 0.259 e. The van der Waals surface area contributed by atoms with Crippen LogP contribution in [0.15, 0.2) is 45.6 Å². The fraction of sp³-hybridized carbons (Fsp3) is 0.360. The van der Waals surface area contributed by atoms with E-state index in [1.807, 2.05) is 0 Å². The van der Waals surface area contributed by atoms with Crippen LogP contribution in [0.5, 0.6) is 23.0 Å². The van der Waals surface area contributed by atoms with Crippen LogP contribution < -0.4 is 19.6 Å². The lowest BCUT2D eigenvalue weighted by Gasteiger charge is -2.14. The van der Waals surface area contributed by atoms with Gasteiger partial charge in [-0.3, -0.25) is 9.59 Å². The molecule has 1 heterocycles. The summed E-state index contributed by atoms with van der Waals surface area (Å²) in [6, 6.07) is 9.34. The Balaban J connectivity index is 1.97. The van der Waals surface area contributed by atoms with Crippen molar-refractivity contribution in [3.63, 3.8) is 0 Å². The van der Waals surface area contributed by atoms with Crippen molar-refractivity contribution in [2.75, 3.05) is 34.4 Å². The molecule has 0 bridgehead atoms. The molecule has 1 aromatic heterocycles. The standard InChI is InChI=1S/C25H29NO7/c1-15(2)8-9-31-22-10-16(6-7-20(22)30-5)21-13-19(28)25-18(27)11-17(12-23(25)33-21)32-14-24(29)26(3)4/h6-7,10-13,15,27H,8-9,14H2,1-5H3. The van der Waals surface area contributed by atoms with Gasteiger partial charge >= 0.3 is 0 Å². The van der Waals surface area contributed by atoms with Crippen LogP contribution in [0.4, 0.5) is 0 Å². The number of hydrogen-bond donors (Lipinski definition) is 1. The lowest BCUT2D eigenvalue weighted by Crippen LogP contribution is -2.27. The van der Waals surface area contributed by atoms with Crippen molar-refractivity contribution in [1.82, 2.24) is 4.90 Å². The van der Waals surface area contributed by atoms with Gasteiger partial charge in [-0.1, -0.05) is 13.8 Å². The number of ether oxygens (including phenoxy) is 3. The first-order valence-corrected chi connectivity index (χ1v) is 10.6. The summed E-state index contributed by atoms with van der Waals surface area (Å²) >= 11 is 0. The van der Waals surface area contributed by atoms with Gasteiger partial charge in [0.2, 0.25) is 0 Å². The van der Waals surface area contributed by atoms with Gasteiger partial charge in [0.05, 0.1) is 13.7 Å². The molecule has 1 amide bonds. The van der Waals surface area contributed by atoms with Crippen molar-refractivity contribution in [2.24, 2.45) is 5.92 Å². The lowest BCUT2D eigenvalue weighted by atomic mass is 10.1. The maximum atomic E-state index is 12.7. The molecule has 8 nitrogen and oxygen atoms in total. The number of benzene rings is 2. The largest absolute Gasteiger partial charge is 0.507 e. The summed E-state index contributed by atoms with van der Waals surface area (Å²) < 4.78 is 22.7. The first-order valence-electron chi connectivity index (χ1n) is 10.6. The molecule has 0 unspecified atom stereocenters. The summed E-state index contributed by atoms with van der Waals surface area (Å²) in [6.07, 6.45) is 0.886. The number of carbonyl (C=O) groups is 1. The van der Waals surface area contributed by atoms with Crippen LogP contribution in [-0.2, 0) is 4.79 Å². The number of phenolic OH excluding ortho intramolecular Hbond substituents is 1. The van der Waals surface area contributed by atoms with Gasteiger partial charge in [-0.15, -0.1) is 0 Å². The first kappa shape index (κ1) is 24.0.